The van der Waals surface area contributed by atoms with E-state index in [0.717, 1.165) is 58.9 Å². The molecule has 174 valence electrons. The van der Waals surface area contributed by atoms with Gasteiger partial charge in [0.25, 0.3) is 0 Å². The molecule has 34 heavy (non-hydrogen) atoms. The van der Waals surface area contributed by atoms with Crippen molar-refractivity contribution >= 4 is 28.6 Å². The quantitative estimate of drug-likeness (QED) is 0.423. The fraction of sp³-hybridized carbons (Fsp3) is 0.333. The minimum atomic E-state index is -0.161. The second-order valence-electron chi connectivity index (χ2n) is 8.83. The summed E-state index contributed by atoms with van der Waals surface area (Å²) in [6.07, 6.45) is 5.64. The smallest absolute Gasteiger partial charge is 0.319 e. The Morgan fingerprint density at radius 2 is 2.06 bits per heavy atom. The summed E-state index contributed by atoms with van der Waals surface area (Å²) in [6, 6.07) is 12.2. The van der Waals surface area contributed by atoms with E-state index in [2.05, 4.69) is 43.8 Å². The van der Waals surface area contributed by atoms with E-state index in [1.165, 1.54) is 0 Å². The van der Waals surface area contributed by atoms with Crippen molar-refractivity contribution < 1.29 is 9.53 Å². The van der Waals surface area contributed by atoms with Gasteiger partial charge in [-0.05, 0) is 49.1 Å². The highest BCUT2D eigenvalue weighted by Crippen LogP contribution is 2.33. The average molecular weight is 459 g/mol. The lowest BCUT2D eigenvalue weighted by molar-refractivity contribution is 0.0985. The monoisotopic (exact) mass is 458 g/mol. The summed E-state index contributed by atoms with van der Waals surface area (Å²) in [4.78, 5) is 19.4. The van der Waals surface area contributed by atoms with Crippen molar-refractivity contribution in [1.29, 1.82) is 0 Å². The average Bonchev–Trinajstić information content (AvgIpc) is 3.31. The molecule has 2 aliphatic rings. The Kier molecular flexibility index (Phi) is 5.14. The maximum atomic E-state index is 12.1. The molecule has 3 aromatic heterocycles. The van der Waals surface area contributed by atoms with Crippen LogP contribution in [0.25, 0.3) is 28.0 Å². The summed E-state index contributed by atoms with van der Waals surface area (Å²) in [6.45, 7) is 4.25. The van der Waals surface area contributed by atoms with Crippen LogP contribution in [0.2, 0.25) is 0 Å². The summed E-state index contributed by atoms with van der Waals surface area (Å²) in [5, 5.41) is 18.4. The largest absolute Gasteiger partial charge is 0.377 e. The van der Waals surface area contributed by atoms with E-state index in [9.17, 15) is 4.79 Å². The first-order chi connectivity index (χ1) is 16.7. The van der Waals surface area contributed by atoms with Crippen molar-refractivity contribution in [3.05, 3.63) is 48.8 Å². The van der Waals surface area contributed by atoms with Crippen LogP contribution in [-0.2, 0) is 4.74 Å². The molecule has 10 heteroatoms. The van der Waals surface area contributed by atoms with Gasteiger partial charge in [-0.1, -0.05) is 12.1 Å². The number of amides is 2. The molecule has 0 radical (unpaired) electrons. The van der Waals surface area contributed by atoms with Gasteiger partial charge in [0, 0.05) is 29.7 Å². The highest BCUT2D eigenvalue weighted by Gasteiger charge is 2.24. The van der Waals surface area contributed by atoms with Crippen LogP contribution in [0, 0.1) is 0 Å². The Balaban J connectivity index is 1.39. The van der Waals surface area contributed by atoms with E-state index in [1.807, 2.05) is 36.5 Å². The molecule has 3 N–H and O–H groups in total. The lowest BCUT2D eigenvalue weighted by Gasteiger charge is -2.34. The number of aromatic nitrogens is 5. The molecular formula is C24H26N8O2. The Labute approximate surface area is 196 Å². The zero-order chi connectivity index (χ0) is 23.1. The van der Waals surface area contributed by atoms with Crippen molar-refractivity contribution in [2.75, 3.05) is 30.0 Å². The third-order valence-corrected chi connectivity index (χ3v) is 6.27. The molecular weight excluding hydrogens is 432 g/mol. The van der Waals surface area contributed by atoms with E-state index < -0.39 is 0 Å². The van der Waals surface area contributed by atoms with Crippen molar-refractivity contribution in [2.24, 2.45) is 0 Å². The molecule has 2 amide bonds. The molecule has 1 saturated carbocycles. The number of nitrogens with zero attached hydrogens (tertiary/aromatic N) is 5. The van der Waals surface area contributed by atoms with Gasteiger partial charge in [-0.3, -0.25) is 5.10 Å². The first-order valence-electron chi connectivity index (χ1n) is 11.6. The summed E-state index contributed by atoms with van der Waals surface area (Å²) >= 11 is 0. The maximum Gasteiger partial charge on any atom is 0.319 e. The Morgan fingerprint density at radius 1 is 1.21 bits per heavy atom. The molecule has 1 aromatic carbocycles. The van der Waals surface area contributed by atoms with Crippen molar-refractivity contribution in [3.63, 3.8) is 0 Å². The van der Waals surface area contributed by atoms with Crippen LogP contribution in [0.5, 0.6) is 0 Å². The summed E-state index contributed by atoms with van der Waals surface area (Å²) in [5.74, 6) is 1.63. The highest BCUT2D eigenvalue weighted by atomic mass is 16.5. The van der Waals surface area contributed by atoms with Gasteiger partial charge in [0.2, 0.25) is 0 Å². The SMILES string of the molecule is CC1COCCN1c1cc(-c2ccc(NC(=O)NC3CC3)cc2)c2cnn(-c3ccn[nH]3)c2n1. The molecule has 4 heterocycles. The lowest BCUT2D eigenvalue weighted by atomic mass is 10.0. The molecule has 6 rings (SSSR count). The standard InChI is InChI=1S/C24H26N8O2/c1-15-14-34-11-10-31(15)22-12-19(20-13-26-32(23(20)29-22)21-8-9-25-30-21)16-2-4-17(5-3-16)27-24(33)28-18-6-7-18/h2-5,8-9,12-13,15,18H,6-7,10-11,14H2,1H3,(H,25,30)(H2,27,28,33). The molecule has 1 saturated heterocycles. The highest BCUT2D eigenvalue weighted by molar-refractivity contribution is 5.96. The van der Waals surface area contributed by atoms with Gasteiger partial charge in [-0.25, -0.2) is 9.78 Å². The number of pyridine rings is 1. The number of rotatable bonds is 5. The molecule has 2 fully saturated rings. The maximum absolute atomic E-state index is 12.1. The number of carbonyl (C=O) groups excluding carboxylic acids is 1. The Morgan fingerprint density at radius 3 is 2.79 bits per heavy atom. The molecule has 10 nitrogen and oxygen atoms in total. The van der Waals surface area contributed by atoms with Crippen LogP contribution >= 0.6 is 0 Å². The number of ether oxygens (including phenoxy) is 1. The van der Waals surface area contributed by atoms with Gasteiger partial charge >= 0.3 is 6.03 Å². The molecule has 0 spiro atoms. The van der Waals surface area contributed by atoms with Crippen LogP contribution < -0.4 is 15.5 Å². The topological polar surface area (TPSA) is 113 Å². The zero-order valence-corrected chi connectivity index (χ0v) is 18.9. The number of H-pyrrole nitrogens is 1. The molecule has 1 aliphatic heterocycles. The normalized spacial score (nSPS) is 18.3. The number of nitrogens with one attached hydrogen (secondary N) is 3. The number of morpholine rings is 1. The van der Waals surface area contributed by atoms with Crippen molar-refractivity contribution in [2.45, 2.75) is 31.8 Å². The predicted molar refractivity (Wildman–Crippen MR) is 129 cm³/mol. The Bertz CT molecular complexity index is 1310. The van der Waals surface area contributed by atoms with E-state index in [4.69, 9.17) is 9.72 Å². The first-order valence-corrected chi connectivity index (χ1v) is 11.6. The number of benzene rings is 1. The van der Waals surface area contributed by atoms with Crippen molar-refractivity contribution in [3.8, 4) is 16.9 Å². The minimum absolute atomic E-state index is 0.161. The van der Waals surface area contributed by atoms with Gasteiger partial charge in [0.05, 0.1) is 31.6 Å². The van der Waals surface area contributed by atoms with Crippen LogP contribution in [0.1, 0.15) is 19.8 Å². The Hall–Kier alpha value is -3.92. The van der Waals surface area contributed by atoms with Gasteiger partial charge in [-0.15, -0.1) is 0 Å². The summed E-state index contributed by atoms with van der Waals surface area (Å²) in [5.41, 5.74) is 3.55. The van der Waals surface area contributed by atoms with Crippen LogP contribution in [0.4, 0.5) is 16.3 Å². The van der Waals surface area contributed by atoms with Crippen molar-refractivity contribution in [1.82, 2.24) is 30.3 Å². The summed E-state index contributed by atoms with van der Waals surface area (Å²) in [7, 11) is 0. The second-order valence-corrected chi connectivity index (χ2v) is 8.83. The fourth-order valence-electron chi connectivity index (χ4n) is 4.30. The molecule has 1 unspecified atom stereocenters. The number of hydrogen-bond acceptors (Lipinski definition) is 6. The third-order valence-electron chi connectivity index (χ3n) is 6.27. The lowest BCUT2D eigenvalue weighted by Crippen LogP contribution is -2.44. The molecule has 1 aliphatic carbocycles. The molecule has 4 aromatic rings. The van der Waals surface area contributed by atoms with E-state index in [0.29, 0.717) is 19.3 Å². The number of urea groups is 1. The van der Waals surface area contributed by atoms with E-state index >= 15 is 0 Å². The fourth-order valence-corrected chi connectivity index (χ4v) is 4.30. The zero-order valence-electron chi connectivity index (χ0n) is 18.9. The van der Waals surface area contributed by atoms with E-state index in [-0.39, 0.29) is 12.1 Å². The summed E-state index contributed by atoms with van der Waals surface area (Å²) < 4.78 is 7.41. The number of anilines is 2. The van der Waals surface area contributed by atoms with Crippen LogP contribution in [0.15, 0.2) is 48.8 Å². The van der Waals surface area contributed by atoms with Gasteiger partial charge < -0.3 is 20.3 Å². The number of aromatic amines is 1. The number of hydrogen-bond donors (Lipinski definition) is 3. The number of fused-ring (bicyclic) bond motifs is 1. The van der Waals surface area contributed by atoms with Gasteiger partial charge in [-0.2, -0.15) is 14.9 Å². The first kappa shape index (κ1) is 20.7. The predicted octanol–water partition coefficient (Wildman–Crippen LogP) is 3.32. The van der Waals surface area contributed by atoms with Crippen LogP contribution in [0.3, 0.4) is 0 Å². The molecule has 0 bridgehead atoms. The number of carbonyl (C=O) groups is 1. The van der Waals surface area contributed by atoms with E-state index in [1.54, 1.807) is 10.9 Å². The molecule has 1 atom stereocenters. The third kappa shape index (κ3) is 3.96. The second kappa shape index (κ2) is 8.45. The minimum Gasteiger partial charge on any atom is -0.377 e. The van der Waals surface area contributed by atoms with Gasteiger partial charge in [0.1, 0.15) is 5.82 Å². The van der Waals surface area contributed by atoms with Crippen LogP contribution in [-0.4, -0.2) is 62.8 Å². The van der Waals surface area contributed by atoms with Gasteiger partial charge in [0.15, 0.2) is 11.5 Å².